The Hall–Kier alpha value is -2.56. The zero-order valence-electron chi connectivity index (χ0n) is 14.1. The molecule has 0 saturated heterocycles. The summed E-state index contributed by atoms with van der Waals surface area (Å²) in [4.78, 5) is 16.2. The molecule has 3 rings (SSSR count). The summed E-state index contributed by atoms with van der Waals surface area (Å²) in [7, 11) is 0. The van der Waals surface area contributed by atoms with Gasteiger partial charge in [-0.25, -0.2) is 4.98 Å². The van der Waals surface area contributed by atoms with Crippen molar-refractivity contribution in [3.63, 3.8) is 0 Å². The van der Waals surface area contributed by atoms with Crippen molar-refractivity contribution in [1.82, 2.24) is 10.3 Å². The van der Waals surface area contributed by atoms with Gasteiger partial charge in [-0.05, 0) is 56.0 Å². The minimum atomic E-state index is -0.0429. The summed E-state index contributed by atoms with van der Waals surface area (Å²) in [5.41, 5.74) is 2.88. The van der Waals surface area contributed by atoms with E-state index >= 15 is 0 Å². The molecule has 1 aliphatic carbocycles. The standard InChI is InChI=1S/C19H23N3O2/c1-3-24-17-8-4-14(10-13(17)2)11-20-18-9-5-15(12-21-18)19(23)22-16-6-7-16/h4-5,8-10,12,16H,3,6-7,11H2,1-2H3,(H,20,21)(H,22,23). The second-order valence-corrected chi connectivity index (χ2v) is 6.07. The molecule has 0 spiro atoms. The predicted molar refractivity (Wildman–Crippen MR) is 94.4 cm³/mol. The van der Waals surface area contributed by atoms with Crippen LogP contribution in [0.1, 0.15) is 41.3 Å². The van der Waals surface area contributed by atoms with E-state index in [1.165, 1.54) is 0 Å². The van der Waals surface area contributed by atoms with Crippen molar-refractivity contribution < 1.29 is 9.53 Å². The van der Waals surface area contributed by atoms with Gasteiger partial charge >= 0.3 is 0 Å². The SMILES string of the molecule is CCOc1ccc(CNc2ccc(C(=O)NC3CC3)cn2)cc1C. The Morgan fingerprint density at radius 1 is 1.29 bits per heavy atom. The van der Waals surface area contributed by atoms with Gasteiger partial charge in [-0.2, -0.15) is 0 Å². The molecule has 1 fully saturated rings. The van der Waals surface area contributed by atoms with E-state index < -0.39 is 0 Å². The molecule has 1 amide bonds. The number of hydrogen-bond acceptors (Lipinski definition) is 4. The zero-order chi connectivity index (χ0) is 16.9. The van der Waals surface area contributed by atoms with Crippen molar-refractivity contribution >= 4 is 11.7 Å². The Kier molecular flexibility index (Phi) is 4.99. The van der Waals surface area contributed by atoms with Crippen LogP contribution < -0.4 is 15.4 Å². The molecule has 1 heterocycles. The lowest BCUT2D eigenvalue weighted by molar-refractivity contribution is 0.0950. The molecule has 0 atom stereocenters. The summed E-state index contributed by atoms with van der Waals surface area (Å²) in [5.74, 6) is 1.63. The van der Waals surface area contributed by atoms with Crippen LogP contribution in [0.2, 0.25) is 0 Å². The number of nitrogens with one attached hydrogen (secondary N) is 2. The number of nitrogens with zero attached hydrogens (tertiary/aromatic N) is 1. The van der Waals surface area contributed by atoms with Gasteiger partial charge < -0.3 is 15.4 Å². The van der Waals surface area contributed by atoms with Gasteiger partial charge in [0.05, 0.1) is 12.2 Å². The zero-order valence-corrected chi connectivity index (χ0v) is 14.1. The second-order valence-electron chi connectivity index (χ2n) is 6.07. The Bertz CT molecular complexity index is 709. The molecular weight excluding hydrogens is 302 g/mol. The number of anilines is 1. The lowest BCUT2D eigenvalue weighted by atomic mass is 10.1. The van der Waals surface area contributed by atoms with Crippen molar-refractivity contribution in [3.05, 3.63) is 53.2 Å². The van der Waals surface area contributed by atoms with Crippen LogP contribution in [0.4, 0.5) is 5.82 Å². The van der Waals surface area contributed by atoms with Gasteiger partial charge in [-0.1, -0.05) is 12.1 Å². The molecule has 24 heavy (non-hydrogen) atoms. The molecule has 2 N–H and O–H groups in total. The minimum Gasteiger partial charge on any atom is -0.494 e. The highest BCUT2D eigenvalue weighted by Crippen LogP contribution is 2.20. The van der Waals surface area contributed by atoms with E-state index in [0.717, 1.165) is 35.5 Å². The molecular formula is C19H23N3O2. The highest BCUT2D eigenvalue weighted by atomic mass is 16.5. The van der Waals surface area contributed by atoms with Gasteiger partial charge in [-0.3, -0.25) is 4.79 Å². The van der Waals surface area contributed by atoms with Crippen LogP contribution in [0.15, 0.2) is 36.5 Å². The van der Waals surface area contributed by atoms with Gasteiger partial charge in [0.25, 0.3) is 5.91 Å². The first kappa shape index (κ1) is 16.3. The Balaban J connectivity index is 1.56. The van der Waals surface area contributed by atoms with Gasteiger partial charge in [0, 0.05) is 18.8 Å². The topological polar surface area (TPSA) is 63.2 Å². The van der Waals surface area contributed by atoms with E-state index in [9.17, 15) is 4.79 Å². The van der Waals surface area contributed by atoms with Crippen LogP contribution in [-0.2, 0) is 6.54 Å². The van der Waals surface area contributed by atoms with Crippen LogP contribution in [-0.4, -0.2) is 23.5 Å². The summed E-state index contributed by atoms with van der Waals surface area (Å²) in [6.07, 6.45) is 3.78. The number of aryl methyl sites for hydroxylation is 1. The largest absolute Gasteiger partial charge is 0.494 e. The van der Waals surface area contributed by atoms with Gasteiger partial charge in [0.15, 0.2) is 0 Å². The van der Waals surface area contributed by atoms with Crippen molar-refractivity contribution in [2.75, 3.05) is 11.9 Å². The first-order chi connectivity index (χ1) is 11.7. The number of carbonyl (C=O) groups excluding carboxylic acids is 1. The number of carbonyl (C=O) groups is 1. The van der Waals surface area contributed by atoms with Gasteiger partial charge in [0.1, 0.15) is 11.6 Å². The number of amides is 1. The van der Waals surface area contributed by atoms with Crippen LogP contribution in [0, 0.1) is 6.92 Å². The first-order valence-electron chi connectivity index (χ1n) is 8.39. The molecule has 2 aromatic rings. The van der Waals surface area contributed by atoms with Gasteiger partial charge in [0.2, 0.25) is 0 Å². The minimum absolute atomic E-state index is 0.0429. The van der Waals surface area contributed by atoms with Crippen LogP contribution in [0.3, 0.4) is 0 Å². The molecule has 1 saturated carbocycles. The predicted octanol–water partition coefficient (Wildman–Crippen LogP) is 3.29. The molecule has 0 bridgehead atoms. The van der Waals surface area contributed by atoms with Crippen molar-refractivity contribution in [2.45, 2.75) is 39.3 Å². The van der Waals surface area contributed by atoms with Crippen LogP contribution in [0.25, 0.3) is 0 Å². The van der Waals surface area contributed by atoms with E-state index in [-0.39, 0.29) is 5.91 Å². The number of rotatable bonds is 7. The van der Waals surface area contributed by atoms with Crippen LogP contribution >= 0.6 is 0 Å². The fourth-order valence-corrected chi connectivity index (χ4v) is 2.46. The maximum absolute atomic E-state index is 11.9. The Morgan fingerprint density at radius 3 is 2.75 bits per heavy atom. The molecule has 126 valence electrons. The number of ether oxygens (including phenoxy) is 1. The third kappa shape index (κ3) is 4.25. The highest BCUT2D eigenvalue weighted by molar-refractivity contribution is 5.94. The van der Waals surface area contributed by atoms with E-state index in [1.54, 1.807) is 12.3 Å². The van der Waals surface area contributed by atoms with Crippen molar-refractivity contribution in [2.24, 2.45) is 0 Å². The monoisotopic (exact) mass is 325 g/mol. The molecule has 5 heteroatoms. The Labute approximate surface area is 142 Å². The highest BCUT2D eigenvalue weighted by Gasteiger charge is 2.23. The quantitative estimate of drug-likeness (QED) is 0.820. The maximum atomic E-state index is 11.9. The number of benzene rings is 1. The molecule has 0 unspecified atom stereocenters. The second kappa shape index (κ2) is 7.34. The molecule has 1 aliphatic rings. The molecule has 0 radical (unpaired) electrons. The molecule has 1 aromatic heterocycles. The lowest BCUT2D eigenvalue weighted by Crippen LogP contribution is -2.25. The van der Waals surface area contributed by atoms with E-state index in [0.29, 0.717) is 24.8 Å². The van der Waals surface area contributed by atoms with Crippen molar-refractivity contribution in [3.8, 4) is 5.75 Å². The summed E-state index contributed by atoms with van der Waals surface area (Å²) < 4.78 is 5.55. The molecule has 1 aromatic carbocycles. The van der Waals surface area contributed by atoms with E-state index in [2.05, 4.69) is 21.7 Å². The molecule has 5 nitrogen and oxygen atoms in total. The normalized spacial score (nSPS) is 13.4. The van der Waals surface area contributed by atoms with Gasteiger partial charge in [-0.15, -0.1) is 0 Å². The number of hydrogen-bond donors (Lipinski definition) is 2. The first-order valence-corrected chi connectivity index (χ1v) is 8.39. The number of aromatic nitrogens is 1. The summed E-state index contributed by atoms with van der Waals surface area (Å²) >= 11 is 0. The lowest BCUT2D eigenvalue weighted by Gasteiger charge is -2.10. The summed E-state index contributed by atoms with van der Waals surface area (Å²) in [6.45, 7) is 5.37. The maximum Gasteiger partial charge on any atom is 0.253 e. The fraction of sp³-hybridized carbons (Fsp3) is 0.368. The molecule has 0 aliphatic heterocycles. The smallest absolute Gasteiger partial charge is 0.253 e. The van der Waals surface area contributed by atoms with E-state index in [1.807, 2.05) is 32.0 Å². The van der Waals surface area contributed by atoms with Crippen LogP contribution in [0.5, 0.6) is 5.75 Å². The average Bonchev–Trinajstić information content (AvgIpc) is 3.40. The average molecular weight is 325 g/mol. The summed E-state index contributed by atoms with van der Waals surface area (Å²) in [5, 5.41) is 6.23. The van der Waals surface area contributed by atoms with E-state index in [4.69, 9.17) is 4.74 Å². The van der Waals surface area contributed by atoms with Crippen molar-refractivity contribution in [1.29, 1.82) is 0 Å². The summed E-state index contributed by atoms with van der Waals surface area (Å²) in [6, 6.07) is 10.1. The fourth-order valence-electron chi connectivity index (χ4n) is 2.46. The number of pyridine rings is 1. The third-order valence-corrected chi connectivity index (χ3v) is 3.95. The Morgan fingerprint density at radius 2 is 2.12 bits per heavy atom. The third-order valence-electron chi connectivity index (χ3n) is 3.95.